The third kappa shape index (κ3) is 2.71. The van der Waals surface area contributed by atoms with E-state index < -0.39 is 0 Å². The first kappa shape index (κ1) is 15.3. The fraction of sp³-hybridized carbons (Fsp3) is 0.500. The summed E-state index contributed by atoms with van der Waals surface area (Å²) in [7, 11) is 0. The molecule has 6 nitrogen and oxygen atoms in total. The zero-order valence-electron chi connectivity index (χ0n) is 14.2. The molecule has 0 radical (unpaired) electrons. The van der Waals surface area contributed by atoms with Crippen LogP contribution < -0.4 is 10.2 Å². The standard InChI is InChI=1S/C18H23N5O/c1-12(18(24)22-10-9-14-5-3-4-6-16(14)22)19-15-7-8-17-20-13(2)21-23(17)11-15/h3-6,12,15,19H,7-11H2,1-2H3/t12-,15-/m1/s1. The van der Waals surface area contributed by atoms with E-state index in [9.17, 15) is 4.79 Å². The molecule has 1 amide bonds. The Morgan fingerprint density at radius 3 is 3.04 bits per heavy atom. The molecule has 0 saturated heterocycles. The molecule has 1 N–H and O–H groups in total. The first-order chi connectivity index (χ1) is 11.6. The van der Waals surface area contributed by atoms with Gasteiger partial charge in [-0.2, -0.15) is 5.10 Å². The largest absolute Gasteiger partial charge is 0.310 e. The summed E-state index contributed by atoms with van der Waals surface area (Å²) in [6.07, 6.45) is 2.85. The number of fused-ring (bicyclic) bond motifs is 2. The highest BCUT2D eigenvalue weighted by molar-refractivity contribution is 5.98. The lowest BCUT2D eigenvalue weighted by molar-refractivity contribution is -0.120. The predicted octanol–water partition coefficient (Wildman–Crippen LogP) is 1.47. The number of nitrogens with zero attached hydrogens (tertiary/aromatic N) is 4. The summed E-state index contributed by atoms with van der Waals surface area (Å²) in [5, 5.41) is 7.93. The van der Waals surface area contributed by atoms with Crippen molar-refractivity contribution in [3.63, 3.8) is 0 Å². The molecule has 2 aromatic rings. The minimum atomic E-state index is -0.202. The van der Waals surface area contributed by atoms with Crippen LogP contribution in [0.5, 0.6) is 0 Å². The molecule has 4 rings (SSSR count). The summed E-state index contributed by atoms with van der Waals surface area (Å²) >= 11 is 0. The molecular weight excluding hydrogens is 302 g/mol. The van der Waals surface area contributed by atoms with Gasteiger partial charge in [-0.15, -0.1) is 0 Å². The molecule has 3 heterocycles. The summed E-state index contributed by atoms with van der Waals surface area (Å²) < 4.78 is 1.97. The zero-order valence-corrected chi connectivity index (χ0v) is 14.2. The molecule has 0 fully saturated rings. The van der Waals surface area contributed by atoms with Crippen LogP contribution in [0.25, 0.3) is 0 Å². The molecule has 2 atom stereocenters. The number of carbonyl (C=O) groups is 1. The lowest BCUT2D eigenvalue weighted by Gasteiger charge is -2.29. The van der Waals surface area contributed by atoms with Crippen molar-refractivity contribution in [3.8, 4) is 0 Å². The summed E-state index contributed by atoms with van der Waals surface area (Å²) in [6, 6.07) is 8.24. The van der Waals surface area contributed by atoms with Crippen LogP contribution in [0, 0.1) is 6.92 Å². The van der Waals surface area contributed by atoms with Gasteiger partial charge in [0.25, 0.3) is 0 Å². The molecule has 2 aliphatic heterocycles. The molecule has 24 heavy (non-hydrogen) atoms. The second-order valence-electron chi connectivity index (χ2n) is 6.75. The van der Waals surface area contributed by atoms with E-state index in [-0.39, 0.29) is 18.0 Å². The van der Waals surface area contributed by atoms with Crippen molar-refractivity contribution < 1.29 is 4.79 Å². The van der Waals surface area contributed by atoms with Crippen LogP contribution >= 0.6 is 0 Å². The molecule has 0 saturated carbocycles. The Hall–Kier alpha value is -2.21. The molecular formula is C18H23N5O. The predicted molar refractivity (Wildman–Crippen MR) is 92.0 cm³/mol. The Balaban J connectivity index is 1.42. The topological polar surface area (TPSA) is 63.1 Å². The van der Waals surface area contributed by atoms with Crippen molar-refractivity contribution >= 4 is 11.6 Å². The number of rotatable bonds is 3. The maximum absolute atomic E-state index is 12.9. The lowest BCUT2D eigenvalue weighted by atomic mass is 10.1. The van der Waals surface area contributed by atoms with E-state index in [1.807, 2.05) is 41.6 Å². The highest BCUT2D eigenvalue weighted by atomic mass is 16.2. The van der Waals surface area contributed by atoms with Crippen LogP contribution in [0.3, 0.4) is 0 Å². The average Bonchev–Trinajstić information content (AvgIpc) is 3.16. The van der Waals surface area contributed by atoms with E-state index >= 15 is 0 Å². The average molecular weight is 325 g/mol. The minimum absolute atomic E-state index is 0.153. The summed E-state index contributed by atoms with van der Waals surface area (Å²) in [5.41, 5.74) is 2.33. The second kappa shape index (κ2) is 6.02. The minimum Gasteiger partial charge on any atom is -0.310 e. The van der Waals surface area contributed by atoms with Crippen molar-refractivity contribution in [2.75, 3.05) is 11.4 Å². The van der Waals surface area contributed by atoms with Gasteiger partial charge in [0.05, 0.1) is 12.6 Å². The third-order valence-corrected chi connectivity index (χ3v) is 4.97. The smallest absolute Gasteiger partial charge is 0.243 e. The van der Waals surface area contributed by atoms with Gasteiger partial charge in [-0.25, -0.2) is 9.67 Å². The zero-order chi connectivity index (χ0) is 16.7. The van der Waals surface area contributed by atoms with Crippen LogP contribution in [-0.2, 0) is 24.2 Å². The highest BCUT2D eigenvalue weighted by Gasteiger charge is 2.30. The van der Waals surface area contributed by atoms with Crippen molar-refractivity contribution in [2.45, 2.75) is 51.7 Å². The summed E-state index contributed by atoms with van der Waals surface area (Å²) in [6.45, 7) is 5.45. The van der Waals surface area contributed by atoms with Gasteiger partial charge in [-0.05, 0) is 38.3 Å². The fourth-order valence-corrected chi connectivity index (χ4v) is 3.80. The highest BCUT2D eigenvalue weighted by Crippen LogP contribution is 2.28. The first-order valence-corrected chi connectivity index (χ1v) is 8.67. The Morgan fingerprint density at radius 2 is 2.17 bits per heavy atom. The molecule has 2 aliphatic rings. The van der Waals surface area contributed by atoms with Gasteiger partial charge in [0.2, 0.25) is 5.91 Å². The second-order valence-corrected chi connectivity index (χ2v) is 6.75. The van der Waals surface area contributed by atoms with E-state index in [0.717, 1.165) is 49.7 Å². The fourth-order valence-electron chi connectivity index (χ4n) is 3.80. The van der Waals surface area contributed by atoms with Gasteiger partial charge in [-0.1, -0.05) is 18.2 Å². The van der Waals surface area contributed by atoms with Crippen molar-refractivity contribution in [2.24, 2.45) is 0 Å². The number of nitrogens with one attached hydrogen (secondary N) is 1. The lowest BCUT2D eigenvalue weighted by Crippen LogP contribution is -2.50. The molecule has 0 unspecified atom stereocenters. The number of carbonyl (C=O) groups excluding carboxylic acids is 1. The van der Waals surface area contributed by atoms with Crippen LogP contribution in [0.2, 0.25) is 0 Å². The SMILES string of the molecule is Cc1nc2n(n1)C[C@H](N[C@H](C)C(=O)N1CCc3ccccc31)CC2. The van der Waals surface area contributed by atoms with Gasteiger partial charge in [0, 0.05) is 24.7 Å². The maximum Gasteiger partial charge on any atom is 0.243 e. The number of para-hydroxylation sites is 1. The molecule has 0 spiro atoms. The summed E-state index contributed by atoms with van der Waals surface area (Å²) in [4.78, 5) is 19.2. The normalized spacial score (nSPS) is 20.6. The Bertz CT molecular complexity index is 769. The quantitative estimate of drug-likeness (QED) is 0.928. The van der Waals surface area contributed by atoms with E-state index in [0.29, 0.717) is 0 Å². The van der Waals surface area contributed by atoms with Crippen LogP contribution in [0.15, 0.2) is 24.3 Å². The Labute approximate surface area is 141 Å². The van der Waals surface area contributed by atoms with Gasteiger partial charge >= 0.3 is 0 Å². The van der Waals surface area contributed by atoms with Crippen LogP contribution in [0.4, 0.5) is 5.69 Å². The number of aromatic nitrogens is 3. The molecule has 126 valence electrons. The molecule has 6 heteroatoms. The Morgan fingerprint density at radius 1 is 1.33 bits per heavy atom. The number of aryl methyl sites for hydroxylation is 2. The third-order valence-electron chi connectivity index (χ3n) is 4.97. The molecule has 1 aromatic carbocycles. The van der Waals surface area contributed by atoms with Gasteiger partial charge in [0.15, 0.2) is 0 Å². The number of hydrogen-bond donors (Lipinski definition) is 1. The van der Waals surface area contributed by atoms with E-state index in [1.165, 1.54) is 5.56 Å². The first-order valence-electron chi connectivity index (χ1n) is 8.67. The van der Waals surface area contributed by atoms with Crippen LogP contribution in [0.1, 0.15) is 30.6 Å². The number of amides is 1. The molecule has 0 bridgehead atoms. The summed E-state index contributed by atoms with van der Waals surface area (Å²) in [5.74, 6) is 2.03. The van der Waals surface area contributed by atoms with Crippen molar-refractivity contribution in [1.82, 2.24) is 20.1 Å². The van der Waals surface area contributed by atoms with Crippen molar-refractivity contribution in [3.05, 3.63) is 41.5 Å². The number of hydrogen-bond acceptors (Lipinski definition) is 4. The Kier molecular flexibility index (Phi) is 3.84. The van der Waals surface area contributed by atoms with E-state index in [2.05, 4.69) is 21.5 Å². The van der Waals surface area contributed by atoms with Crippen LogP contribution in [-0.4, -0.2) is 39.3 Å². The van der Waals surface area contributed by atoms with Crippen molar-refractivity contribution in [1.29, 1.82) is 0 Å². The maximum atomic E-state index is 12.9. The van der Waals surface area contributed by atoms with Gasteiger partial charge in [-0.3, -0.25) is 4.79 Å². The van der Waals surface area contributed by atoms with Gasteiger partial charge in [0.1, 0.15) is 11.6 Å². The van der Waals surface area contributed by atoms with E-state index in [4.69, 9.17) is 0 Å². The van der Waals surface area contributed by atoms with Gasteiger partial charge < -0.3 is 10.2 Å². The number of benzene rings is 1. The number of anilines is 1. The molecule has 0 aliphatic carbocycles. The molecule has 1 aromatic heterocycles. The monoisotopic (exact) mass is 325 g/mol. The van der Waals surface area contributed by atoms with E-state index in [1.54, 1.807) is 0 Å².